The van der Waals surface area contributed by atoms with Crippen LogP contribution in [0.25, 0.3) is 10.9 Å². The Bertz CT molecular complexity index is 1090. The predicted molar refractivity (Wildman–Crippen MR) is 120 cm³/mol. The summed E-state index contributed by atoms with van der Waals surface area (Å²) >= 11 is 5.89. The number of quaternary nitrogens is 1. The van der Waals surface area contributed by atoms with Crippen LogP contribution in [0.15, 0.2) is 36.7 Å². The number of ether oxygens (including phenoxy) is 3. The number of nitrogens with zero attached hydrogens (tertiary/aromatic N) is 3. The number of methoxy groups -OCH3 is 1. The number of morpholine rings is 1. The highest BCUT2D eigenvalue weighted by Gasteiger charge is 2.21. The Labute approximate surface area is 190 Å². The number of anilines is 2. The Morgan fingerprint density at radius 2 is 2.00 bits per heavy atom. The van der Waals surface area contributed by atoms with Gasteiger partial charge < -0.3 is 29.4 Å². The third-order valence-corrected chi connectivity index (χ3v) is 5.65. The zero-order valence-electron chi connectivity index (χ0n) is 17.6. The molecule has 1 fully saturated rings. The molecule has 1 aliphatic rings. The van der Waals surface area contributed by atoms with Crippen molar-refractivity contribution in [2.45, 2.75) is 6.42 Å². The summed E-state index contributed by atoms with van der Waals surface area (Å²) in [4.78, 5) is 8.61. The average molecular weight is 463 g/mol. The van der Waals surface area contributed by atoms with Crippen LogP contribution in [0, 0.1) is 11.0 Å². The number of hydrogen-bond donors (Lipinski definition) is 1. The lowest BCUT2D eigenvalue weighted by Crippen LogP contribution is -2.51. The topological polar surface area (TPSA) is 88.6 Å². The number of hydrogen-bond acceptors (Lipinski definition) is 7. The van der Waals surface area contributed by atoms with Gasteiger partial charge in [0.05, 0.1) is 44.0 Å². The van der Waals surface area contributed by atoms with E-state index in [1.165, 1.54) is 18.5 Å². The van der Waals surface area contributed by atoms with Gasteiger partial charge in [-0.05, 0) is 24.3 Å². The SMILES string of the molecule is COc1cc2ncnc(Nc3ccc(F)c(Cl)c3)c2cc1OCCC[N+]1([O-])CCOCC1. The van der Waals surface area contributed by atoms with Crippen LogP contribution in [0.3, 0.4) is 0 Å². The lowest BCUT2D eigenvalue weighted by molar-refractivity contribution is -0.888. The summed E-state index contributed by atoms with van der Waals surface area (Å²) in [6, 6.07) is 7.89. The molecule has 0 aliphatic carbocycles. The molecule has 8 nitrogen and oxygen atoms in total. The Morgan fingerprint density at radius 1 is 1.19 bits per heavy atom. The maximum absolute atomic E-state index is 13.5. The molecule has 4 rings (SSSR count). The van der Waals surface area contributed by atoms with Crippen LogP contribution in [-0.4, -0.2) is 61.2 Å². The summed E-state index contributed by atoms with van der Waals surface area (Å²) in [5.74, 6) is 1.07. The number of benzene rings is 2. The third-order valence-electron chi connectivity index (χ3n) is 5.36. The largest absolute Gasteiger partial charge is 0.633 e. The van der Waals surface area contributed by atoms with Gasteiger partial charge in [-0.1, -0.05) is 11.6 Å². The monoisotopic (exact) mass is 462 g/mol. The Balaban J connectivity index is 1.51. The van der Waals surface area contributed by atoms with Gasteiger partial charge in [0.25, 0.3) is 0 Å². The molecule has 0 unspecified atom stereocenters. The molecule has 0 radical (unpaired) electrons. The summed E-state index contributed by atoms with van der Waals surface area (Å²) < 4.78 is 29.9. The normalized spacial score (nSPS) is 15.5. The average Bonchev–Trinajstić information content (AvgIpc) is 2.79. The molecule has 2 aromatic carbocycles. The number of aromatic nitrogens is 2. The van der Waals surface area contributed by atoms with Crippen molar-refractivity contribution in [2.24, 2.45) is 0 Å². The zero-order valence-corrected chi connectivity index (χ0v) is 18.4. The van der Waals surface area contributed by atoms with Crippen LogP contribution in [0.1, 0.15) is 6.42 Å². The van der Waals surface area contributed by atoms with Crippen molar-refractivity contribution in [3.63, 3.8) is 0 Å². The van der Waals surface area contributed by atoms with Crippen molar-refractivity contribution in [3.05, 3.63) is 52.7 Å². The van der Waals surface area contributed by atoms with Crippen molar-refractivity contribution in [1.29, 1.82) is 0 Å². The van der Waals surface area contributed by atoms with E-state index < -0.39 is 5.82 Å². The minimum absolute atomic E-state index is 0.0122. The molecule has 3 aromatic rings. The van der Waals surface area contributed by atoms with Crippen molar-refractivity contribution in [3.8, 4) is 11.5 Å². The molecule has 0 atom stereocenters. The van der Waals surface area contributed by atoms with Gasteiger partial charge in [0.15, 0.2) is 11.5 Å². The van der Waals surface area contributed by atoms with E-state index in [0.717, 1.165) is 0 Å². The third kappa shape index (κ3) is 5.18. The first-order valence-corrected chi connectivity index (χ1v) is 10.7. The molecule has 0 bridgehead atoms. The molecule has 0 saturated carbocycles. The predicted octanol–water partition coefficient (Wildman–Crippen LogP) is 4.29. The first kappa shape index (κ1) is 22.5. The van der Waals surface area contributed by atoms with E-state index in [0.29, 0.717) is 79.8 Å². The second kappa shape index (κ2) is 9.83. The molecule has 1 saturated heterocycles. The molecule has 0 amide bonds. The van der Waals surface area contributed by atoms with Gasteiger partial charge in [-0.15, -0.1) is 0 Å². The number of halogens is 2. The Kier molecular flexibility index (Phi) is 6.90. The molecular formula is C22H24ClFN4O4. The second-order valence-electron chi connectivity index (χ2n) is 7.54. The first-order chi connectivity index (χ1) is 15.5. The summed E-state index contributed by atoms with van der Waals surface area (Å²) in [5.41, 5.74) is 1.24. The van der Waals surface area contributed by atoms with E-state index >= 15 is 0 Å². The molecular weight excluding hydrogens is 439 g/mol. The first-order valence-electron chi connectivity index (χ1n) is 10.3. The fraction of sp³-hybridized carbons (Fsp3) is 0.364. The molecule has 1 aliphatic heterocycles. The zero-order chi connectivity index (χ0) is 22.6. The van der Waals surface area contributed by atoms with Gasteiger partial charge >= 0.3 is 0 Å². The molecule has 32 heavy (non-hydrogen) atoms. The summed E-state index contributed by atoms with van der Waals surface area (Å²) in [6.07, 6.45) is 2.03. The van der Waals surface area contributed by atoms with E-state index in [1.807, 2.05) is 0 Å². The van der Waals surface area contributed by atoms with E-state index in [2.05, 4.69) is 15.3 Å². The number of fused-ring (bicyclic) bond motifs is 1. The lowest BCUT2D eigenvalue weighted by atomic mass is 10.2. The van der Waals surface area contributed by atoms with Crippen molar-refractivity contribution in [2.75, 3.05) is 51.9 Å². The minimum Gasteiger partial charge on any atom is -0.633 e. The van der Waals surface area contributed by atoms with E-state index in [4.69, 9.17) is 25.8 Å². The molecule has 0 spiro atoms. The highest BCUT2D eigenvalue weighted by atomic mass is 35.5. The van der Waals surface area contributed by atoms with E-state index in [-0.39, 0.29) is 9.67 Å². The van der Waals surface area contributed by atoms with Gasteiger partial charge in [-0.2, -0.15) is 0 Å². The highest BCUT2D eigenvalue weighted by molar-refractivity contribution is 6.31. The molecule has 2 heterocycles. The van der Waals surface area contributed by atoms with Gasteiger partial charge in [0, 0.05) is 23.6 Å². The molecule has 1 N–H and O–H groups in total. The maximum Gasteiger partial charge on any atom is 0.162 e. The number of hydroxylamine groups is 3. The second-order valence-corrected chi connectivity index (χ2v) is 7.95. The fourth-order valence-corrected chi connectivity index (χ4v) is 3.76. The van der Waals surface area contributed by atoms with E-state index in [9.17, 15) is 9.60 Å². The number of nitrogens with one attached hydrogen (secondary N) is 1. The van der Waals surface area contributed by atoms with Gasteiger partial charge in [0.2, 0.25) is 0 Å². The van der Waals surface area contributed by atoms with Crippen molar-refractivity contribution < 1.29 is 23.2 Å². The Morgan fingerprint density at radius 3 is 2.75 bits per heavy atom. The molecule has 170 valence electrons. The van der Waals surface area contributed by atoms with Crippen LogP contribution in [0.4, 0.5) is 15.9 Å². The van der Waals surface area contributed by atoms with Crippen LogP contribution < -0.4 is 14.8 Å². The minimum atomic E-state index is -0.496. The summed E-state index contributed by atoms with van der Waals surface area (Å²) in [6.45, 7) is 2.78. The highest BCUT2D eigenvalue weighted by Crippen LogP contribution is 2.35. The summed E-state index contributed by atoms with van der Waals surface area (Å²) in [7, 11) is 1.56. The standard InChI is InChI=1S/C22H24ClFN4O4/c1-30-20-13-19-16(12-21(20)32-8-2-5-28(29)6-9-31-10-7-28)22(26-14-25-19)27-15-3-4-18(24)17(23)11-15/h3-4,11-14H,2,5-10H2,1H3,(H,25,26,27). The van der Waals surface area contributed by atoms with E-state index in [1.54, 1.807) is 25.3 Å². The van der Waals surface area contributed by atoms with Crippen LogP contribution >= 0.6 is 11.6 Å². The van der Waals surface area contributed by atoms with Gasteiger partial charge in [0.1, 0.15) is 31.1 Å². The fourth-order valence-electron chi connectivity index (χ4n) is 3.58. The maximum atomic E-state index is 13.5. The summed E-state index contributed by atoms with van der Waals surface area (Å²) in [5, 5.41) is 16.5. The van der Waals surface area contributed by atoms with Gasteiger partial charge in [-0.25, -0.2) is 14.4 Å². The van der Waals surface area contributed by atoms with Crippen LogP contribution in [0.5, 0.6) is 11.5 Å². The van der Waals surface area contributed by atoms with Crippen molar-refractivity contribution in [1.82, 2.24) is 9.97 Å². The van der Waals surface area contributed by atoms with Crippen LogP contribution in [0.2, 0.25) is 5.02 Å². The van der Waals surface area contributed by atoms with Crippen molar-refractivity contribution >= 4 is 34.0 Å². The van der Waals surface area contributed by atoms with Gasteiger partial charge in [-0.3, -0.25) is 0 Å². The quantitative estimate of drug-likeness (QED) is 0.303. The number of rotatable bonds is 8. The molecule has 10 heteroatoms. The molecule has 1 aromatic heterocycles. The lowest BCUT2D eigenvalue weighted by Gasteiger charge is -2.45. The smallest absolute Gasteiger partial charge is 0.162 e. The Hall–Kier alpha value is -2.72. The van der Waals surface area contributed by atoms with Crippen LogP contribution in [-0.2, 0) is 4.74 Å².